The summed E-state index contributed by atoms with van der Waals surface area (Å²) in [5.41, 5.74) is 0. The maximum Gasteiger partial charge on any atom is 0.222 e. The highest BCUT2D eigenvalue weighted by Gasteiger charge is 2.39. The van der Waals surface area contributed by atoms with E-state index in [1.165, 1.54) is 10.6 Å². The van der Waals surface area contributed by atoms with Gasteiger partial charge in [0, 0.05) is 32.1 Å². The Hall–Kier alpha value is -1.48. The van der Waals surface area contributed by atoms with Crippen molar-refractivity contribution in [1.82, 2.24) is 24.4 Å². The molecule has 1 saturated heterocycles. The van der Waals surface area contributed by atoms with Gasteiger partial charge >= 0.3 is 0 Å². The third-order valence-electron chi connectivity index (χ3n) is 4.07. The van der Waals surface area contributed by atoms with Crippen LogP contribution in [0.3, 0.4) is 0 Å². The van der Waals surface area contributed by atoms with Crippen molar-refractivity contribution >= 4 is 15.9 Å². The first-order valence-electron chi connectivity index (χ1n) is 7.34. The number of nitrogens with zero attached hydrogens (tertiary/aromatic N) is 4. The Labute approximate surface area is 130 Å². The number of nitrogens with one attached hydrogen (secondary N) is 1. The van der Waals surface area contributed by atoms with Gasteiger partial charge in [0.15, 0.2) is 0 Å². The molecule has 1 aliphatic heterocycles. The fraction of sp³-hybridized carbons (Fsp3) is 0.769. The molecule has 0 aliphatic carbocycles. The van der Waals surface area contributed by atoms with E-state index in [-0.39, 0.29) is 17.9 Å². The molecule has 2 atom stereocenters. The lowest BCUT2D eigenvalue weighted by molar-refractivity contribution is -0.122. The third kappa shape index (κ3) is 4.26. The first-order valence-corrected chi connectivity index (χ1v) is 9.19. The summed E-state index contributed by atoms with van der Waals surface area (Å²) in [6, 6.07) is -0.136. The second-order valence-corrected chi connectivity index (χ2v) is 8.09. The van der Waals surface area contributed by atoms with Crippen molar-refractivity contribution in [2.45, 2.75) is 32.9 Å². The van der Waals surface area contributed by atoms with Crippen LogP contribution in [-0.2, 0) is 21.4 Å². The quantitative estimate of drug-likeness (QED) is 0.773. The number of carbonyl (C=O) groups is 1. The molecule has 1 aliphatic rings. The predicted molar refractivity (Wildman–Crippen MR) is 81.3 cm³/mol. The number of carbonyl (C=O) groups excluding carboxylic acids is 1. The maximum atomic E-state index is 12.1. The molecule has 0 spiro atoms. The second-order valence-electron chi connectivity index (χ2n) is 6.11. The lowest BCUT2D eigenvalue weighted by Crippen LogP contribution is -2.42. The highest BCUT2D eigenvalue weighted by Crippen LogP contribution is 2.26. The lowest BCUT2D eigenvalue weighted by Gasteiger charge is -2.22. The SMILES string of the molecule is CC(C)C1CN(S(C)(=O)=O)CC1NC(=O)CCn1cnnc1. The number of hydrogen-bond acceptors (Lipinski definition) is 5. The molecule has 124 valence electrons. The highest BCUT2D eigenvalue weighted by molar-refractivity contribution is 7.88. The van der Waals surface area contributed by atoms with E-state index in [9.17, 15) is 13.2 Å². The monoisotopic (exact) mass is 329 g/mol. The maximum absolute atomic E-state index is 12.1. The van der Waals surface area contributed by atoms with Crippen LogP contribution in [0.25, 0.3) is 0 Å². The topological polar surface area (TPSA) is 97.2 Å². The van der Waals surface area contributed by atoms with Crippen LogP contribution in [0.2, 0.25) is 0 Å². The van der Waals surface area contributed by atoms with Crippen molar-refractivity contribution in [3.63, 3.8) is 0 Å². The second kappa shape index (κ2) is 6.74. The highest BCUT2D eigenvalue weighted by atomic mass is 32.2. The van der Waals surface area contributed by atoms with E-state index in [4.69, 9.17) is 0 Å². The van der Waals surface area contributed by atoms with E-state index >= 15 is 0 Å². The summed E-state index contributed by atoms with van der Waals surface area (Å²) >= 11 is 0. The van der Waals surface area contributed by atoms with Crippen LogP contribution in [0.1, 0.15) is 20.3 Å². The number of sulfonamides is 1. The van der Waals surface area contributed by atoms with Gasteiger partial charge in [-0.15, -0.1) is 10.2 Å². The number of aryl methyl sites for hydroxylation is 1. The first kappa shape index (κ1) is 16.9. The van der Waals surface area contributed by atoms with Crippen LogP contribution in [-0.4, -0.2) is 58.8 Å². The molecule has 1 N–H and O–H groups in total. The summed E-state index contributed by atoms with van der Waals surface area (Å²) in [4.78, 5) is 12.1. The third-order valence-corrected chi connectivity index (χ3v) is 5.30. The van der Waals surface area contributed by atoms with Crippen molar-refractivity contribution in [2.75, 3.05) is 19.3 Å². The number of amides is 1. The summed E-state index contributed by atoms with van der Waals surface area (Å²) in [6.07, 6.45) is 4.65. The summed E-state index contributed by atoms with van der Waals surface area (Å²) in [6.45, 7) is 5.42. The fourth-order valence-electron chi connectivity index (χ4n) is 2.74. The van der Waals surface area contributed by atoms with Crippen LogP contribution >= 0.6 is 0 Å². The Morgan fingerprint density at radius 2 is 1.95 bits per heavy atom. The minimum atomic E-state index is -3.22. The largest absolute Gasteiger partial charge is 0.352 e. The van der Waals surface area contributed by atoms with Crippen LogP contribution in [0.4, 0.5) is 0 Å². The van der Waals surface area contributed by atoms with E-state index < -0.39 is 10.0 Å². The smallest absolute Gasteiger partial charge is 0.222 e. The molecule has 0 aromatic carbocycles. The van der Waals surface area contributed by atoms with Gasteiger partial charge < -0.3 is 9.88 Å². The zero-order valence-electron chi connectivity index (χ0n) is 13.1. The Balaban J connectivity index is 1.93. The van der Waals surface area contributed by atoms with E-state index in [2.05, 4.69) is 15.5 Å². The molecule has 2 rings (SSSR count). The average molecular weight is 329 g/mol. The van der Waals surface area contributed by atoms with Gasteiger partial charge in [-0.25, -0.2) is 8.42 Å². The molecule has 0 saturated carbocycles. The molecule has 8 nitrogen and oxygen atoms in total. The summed E-state index contributed by atoms with van der Waals surface area (Å²) in [7, 11) is -3.22. The Kier molecular flexibility index (Phi) is 5.17. The molecule has 1 aromatic rings. The zero-order chi connectivity index (χ0) is 16.3. The van der Waals surface area contributed by atoms with Crippen LogP contribution in [0.5, 0.6) is 0 Å². The van der Waals surface area contributed by atoms with Crippen molar-refractivity contribution in [2.24, 2.45) is 11.8 Å². The lowest BCUT2D eigenvalue weighted by atomic mass is 9.91. The van der Waals surface area contributed by atoms with Gasteiger partial charge in [0.1, 0.15) is 12.7 Å². The van der Waals surface area contributed by atoms with Gasteiger partial charge in [0.2, 0.25) is 15.9 Å². The molecular formula is C13H23N5O3S. The molecule has 1 amide bonds. The molecule has 1 fully saturated rings. The molecule has 0 radical (unpaired) electrons. The van der Waals surface area contributed by atoms with Crippen LogP contribution in [0, 0.1) is 11.8 Å². The Bertz CT molecular complexity index is 599. The number of rotatable bonds is 6. The van der Waals surface area contributed by atoms with E-state index in [0.717, 1.165) is 0 Å². The first-order chi connectivity index (χ1) is 10.3. The van der Waals surface area contributed by atoms with E-state index in [1.54, 1.807) is 17.2 Å². The Morgan fingerprint density at radius 1 is 1.32 bits per heavy atom. The molecule has 9 heteroatoms. The molecule has 2 unspecified atom stereocenters. The van der Waals surface area contributed by atoms with Gasteiger partial charge in [-0.05, 0) is 11.8 Å². The summed E-state index contributed by atoms with van der Waals surface area (Å²) < 4.78 is 26.6. The Morgan fingerprint density at radius 3 is 2.50 bits per heavy atom. The van der Waals surface area contributed by atoms with E-state index in [1.807, 2.05) is 13.8 Å². The number of aromatic nitrogens is 3. The van der Waals surface area contributed by atoms with Crippen molar-refractivity contribution < 1.29 is 13.2 Å². The van der Waals surface area contributed by atoms with Crippen molar-refractivity contribution in [3.8, 4) is 0 Å². The van der Waals surface area contributed by atoms with Gasteiger partial charge in [-0.3, -0.25) is 4.79 Å². The number of hydrogen-bond donors (Lipinski definition) is 1. The van der Waals surface area contributed by atoms with E-state index in [0.29, 0.717) is 32.0 Å². The van der Waals surface area contributed by atoms with Crippen LogP contribution < -0.4 is 5.32 Å². The average Bonchev–Trinajstić information content (AvgIpc) is 3.04. The zero-order valence-corrected chi connectivity index (χ0v) is 14.0. The summed E-state index contributed by atoms with van der Waals surface area (Å²) in [5, 5.41) is 10.3. The molecule has 1 aromatic heterocycles. The molecule has 0 bridgehead atoms. The summed E-state index contributed by atoms with van der Waals surface area (Å²) in [5.74, 6) is 0.350. The standard InChI is InChI=1S/C13H23N5O3S/c1-10(2)11-6-18(22(3,20)21)7-12(11)16-13(19)4-5-17-8-14-15-9-17/h8-12H,4-7H2,1-3H3,(H,16,19). The molecular weight excluding hydrogens is 306 g/mol. The normalized spacial score (nSPS) is 23.1. The van der Waals surface area contributed by atoms with Gasteiger partial charge in [0.25, 0.3) is 0 Å². The van der Waals surface area contributed by atoms with Gasteiger partial charge in [0.05, 0.1) is 6.26 Å². The van der Waals surface area contributed by atoms with Crippen molar-refractivity contribution in [1.29, 1.82) is 0 Å². The van der Waals surface area contributed by atoms with Crippen molar-refractivity contribution in [3.05, 3.63) is 12.7 Å². The predicted octanol–water partition coefficient (Wildman–Crippen LogP) is -0.300. The molecule has 2 heterocycles. The molecule has 22 heavy (non-hydrogen) atoms. The van der Waals surface area contributed by atoms with Crippen LogP contribution in [0.15, 0.2) is 12.7 Å². The minimum Gasteiger partial charge on any atom is -0.352 e. The van der Waals surface area contributed by atoms with Gasteiger partial charge in [-0.2, -0.15) is 4.31 Å². The van der Waals surface area contributed by atoms with Gasteiger partial charge in [-0.1, -0.05) is 13.8 Å². The fourth-order valence-corrected chi connectivity index (χ4v) is 3.61. The minimum absolute atomic E-state index is 0.0836.